The largest absolute Gasteiger partial charge is 0.481 e. The quantitative estimate of drug-likeness (QED) is 0.718. The maximum Gasteiger partial charge on any atom is 0.315 e. The molecule has 0 saturated heterocycles. The summed E-state index contributed by atoms with van der Waals surface area (Å²) in [6, 6.07) is 0.0957. The fourth-order valence-electron chi connectivity index (χ4n) is 2.88. The van der Waals surface area contributed by atoms with E-state index in [0.717, 1.165) is 44.9 Å². The van der Waals surface area contributed by atoms with Gasteiger partial charge in [0, 0.05) is 6.04 Å². The van der Waals surface area contributed by atoms with Crippen LogP contribution in [-0.4, -0.2) is 28.7 Å². The monoisotopic (exact) mass is 254 g/mol. The summed E-state index contributed by atoms with van der Waals surface area (Å²) < 4.78 is 0. The summed E-state index contributed by atoms with van der Waals surface area (Å²) in [5, 5.41) is 14.9. The zero-order valence-electron chi connectivity index (χ0n) is 10.7. The molecule has 0 bridgehead atoms. The van der Waals surface area contributed by atoms with Crippen molar-refractivity contribution < 1.29 is 14.7 Å². The lowest BCUT2D eigenvalue weighted by atomic mass is 9.79. The first-order chi connectivity index (χ1) is 8.60. The van der Waals surface area contributed by atoms with Gasteiger partial charge in [0.2, 0.25) is 0 Å². The van der Waals surface area contributed by atoms with E-state index in [1.165, 1.54) is 6.42 Å². The van der Waals surface area contributed by atoms with Gasteiger partial charge in [0.1, 0.15) is 0 Å². The summed E-state index contributed by atoms with van der Waals surface area (Å²) in [6.45, 7) is 0. The number of urea groups is 1. The maximum absolute atomic E-state index is 11.9. The van der Waals surface area contributed by atoms with Crippen molar-refractivity contribution >= 4 is 12.0 Å². The molecular weight excluding hydrogens is 232 g/mol. The van der Waals surface area contributed by atoms with Crippen LogP contribution in [0.25, 0.3) is 0 Å². The molecule has 0 heterocycles. The third kappa shape index (κ3) is 3.37. The molecule has 0 aliphatic heterocycles. The molecule has 2 rings (SSSR count). The molecule has 2 saturated carbocycles. The Balaban J connectivity index is 1.90. The van der Waals surface area contributed by atoms with Crippen molar-refractivity contribution in [3.63, 3.8) is 0 Å². The van der Waals surface area contributed by atoms with Crippen LogP contribution in [0.15, 0.2) is 0 Å². The van der Waals surface area contributed by atoms with Gasteiger partial charge in [0.05, 0.1) is 12.0 Å². The molecular formula is C13H22N2O3. The van der Waals surface area contributed by atoms with Gasteiger partial charge in [-0.25, -0.2) is 4.79 Å². The molecule has 0 radical (unpaired) electrons. The van der Waals surface area contributed by atoms with E-state index in [2.05, 4.69) is 10.6 Å². The Labute approximate surface area is 107 Å². The number of amides is 2. The number of aliphatic carboxylic acids is 1. The molecule has 2 aliphatic rings. The lowest BCUT2D eigenvalue weighted by molar-refractivity contribution is -0.139. The number of carbonyl (C=O) groups excluding carboxylic acids is 1. The Morgan fingerprint density at radius 3 is 2.28 bits per heavy atom. The first-order valence-electron chi connectivity index (χ1n) is 6.90. The first-order valence-corrected chi connectivity index (χ1v) is 6.90. The van der Waals surface area contributed by atoms with Crippen molar-refractivity contribution in [1.82, 2.24) is 10.6 Å². The van der Waals surface area contributed by atoms with Gasteiger partial charge < -0.3 is 15.7 Å². The van der Waals surface area contributed by atoms with Gasteiger partial charge in [-0.05, 0) is 32.1 Å². The Morgan fingerprint density at radius 1 is 1.11 bits per heavy atom. The van der Waals surface area contributed by atoms with Crippen molar-refractivity contribution in [2.45, 2.75) is 69.4 Å². The van der Waals surface area contributed by atoms with Crippen LogP contribution in [0.4, 0.5) is 4.79 Å². The summed E-state index contributed by atoms with van der Waals surface area (Å²) >= 11 is 0. The average Bonchev–Trinajstić information content (AvgIpc) is 2.23. The Hall–Kier alpha value is -1.26. The highest BCUT2D eigenvalue weighted by atomic mass is 16.4. The maximum atomic E-state index is 11.9. The minimum absolute atomic E-state index is 0.0328. The summed E-state index contributed by atoms with van der Waals surface area (Å²) in [4.78, 5) is 22.9. The van der Waals surface area contributed by atoms with Gasteiger partial charge in [0.15, 0.2) is 0 Å². The minimum atomic E-state index is -0.833. The summed E-state index contributed by atoms with van der Waals surface area (Å²) in [6.07, 6.45) is 7.96. The third-order valence-corrected chi connectivity index (χ3v) is 4.12. The zero-order valence-corrected chi connectivity index (χ0v) is 10.7. The van der Waals surface area contributed by atoms with E-state index >= 15 is 0 Å². The van der Waals surface area contributed by atoms with Crippen molar-refractivity contribution in [3.05, 3.63) is 0 Å². The number of carboxylic acid groups (broad SMARTS) is 1. The molecule has 0 aromatic carbocycles. The third-order valence-electron chi connectivity index (χ3n) is 4.12. The van der Waals surface area contributed by atoms with Gasteiger partial charge in [-0.3, -0.25) is 4.79 Å². The molecule has 5 nitrogen and oxygen atoms in total. The smallest absolute Gasteiger partial charge is 0.315 e. The Morgan fingerprint density at radius 2 is 1.78 bits per heavy atom. The zero-order chi connectivity index (χ0) is 13.0. The highest BCUT2D eigenvalue weighted by molar-refractivity contribution is 5.77. The lowest BCUT2D eigenvalue weighted by Crippen LogP contribution is -2.56. The van der Waals surface area contributed by atoms with E-state index < -0.39 is 11.5 Å². The number of hydrogen-bond donors (Lipinski definition) is 3. The molecule has 0 aromatic rings. The van der Waals surface area contributed by atoms with E-state index in [0.29, 0.717) is 0 Å². The second-order valence-electron chi connectivity index (χ2n) is 5.64. The number of carbonyl (C=O) groups is 2. The van der Waals surface area contributed by atoms with Crippen LogP contribution < -0.4 is 10.6 Å². The van der Waals surface area contributed by atoms with E-state index in [4.69, 9.17) is 5.11 Å². The average molecular weight is 254 g/mol. The second-order valence-corrected chi connectivity index (χ2v) is 5.64. The number of nitrogens with one attached hydrogen (secondary N) is 2. The highest BCUT2D eigenvalue weighted by Crippen LogP contribution is 2.31. The Kier molecular flexibility index (Phi) is 4.09. The van der Waals surface area contributed by atoms with Crippen LogP contribution in [-0.2, 0) is 4.79 Å². The molecule has 2 fully saturated rings. The van der Waals surface area contributed by atoms with Crippen LogP contribution >= 0.6 is 0 Å². The first kappa shape index (κ1) is 13.2. The topological polar surface area (TPSA) is 78.4 Å². The van der Waals surface area contributed by atoms with Crippen molar-refractivity contribution in [3.8, 4) is 0 Å². The fourth-order valence-corrected chi connectivity index (χ4v) is 2.88. The van der Waals surface area contributed by atoms with E-state index in [1.807, 2.05) is 0 Å². The molecule has 2 amide bonds. The normalized spacial score (nSPS) is 22.9. The van der Waals surface area contributed by atoms with Crippen molar-refractivity contribution in [2.24, 2.45) is 0 Å². The molecule has 0 unspecified atom stereocenters. The van der Waals surface area contributed by atoms with Crippen LogP contribution in [0.3, 0.4) is 0 Å². The molecule has 5 heteroatoms. The van der Waals surface area contributed by atoms with Crippen LogP contribution in [0.1, 0.15) is 57.8 Å². The second kappa shape index (κ2) is 5.59. The van der Waals surface area contributed by atoms with Gasteiger partial charge in [-0.15, -0.1) is 0 Å². The molecule has 3 N–H and O–H groups in total. The predicted molar refractivity (Wildman–Crippen MR) is 67.4 cm³/mol. The van der Waals surface area contributed by atoms with Crippen molar-refractivity contribution in [2.75, 3.05) is 0 Å². The van der Waals surface area contributed by atoms with Crippen LogP contribution in [0.5, 0.6) is 0 Å². The van der Waals surface area contributed by atoms with Gasteiger partial charge in [0.25, 0.3) is 0 Å². The highest BCUT2D eigenvalue weighted by Gasteiger charge is 2.36. The van der Waals surface area contributed by atoms with E-state index in [1.54, 1.807) is 0 Å². The van der Waals surface area contributed by atoms with Crippen LogP contribution in [0, 0.1) is 0 Å². The van der Waals surface area contributed by atoms with E-state index in [9.17, 15) is 9.59 Å². The summed E-state index contributed by atoms with van der Waals surface area (Å²) in [5.41, 5.74) is -0.530. The number of hydrogen-bond acceptors (Lipinski definition) is 2. The van der Waals surface area contributed by atoms with Gasteiger partial charge >= 0.3 is 12.0 Å². The Bertz CT molecular complexity index is 320. The van der Waals surface area contributed by atoms with Gasteiger partial charge in [-0.2, -0.15) is 0 Å². The van der Waals surface area contributed by atoms with Gasteiger partial charge in [-0.1, -0.05) is 19.3 Å². The molecule has 0 aromatic heterocycles. The molecule has 2 aliphatic carbocycles. The fraction of sp³-hybridized carbons (Fsp3) is 0.846. The summed E-state index contributed by atoms with van der Waals surface area (Å²) in [5.74, 6) is -0.833. The van der Waals surface area contributed by atoms with Crippen molar-refractivity contribution in [1.29, 1.82) is 0 Å². The summed E-state index contributed by atoms with van der Waals surface area (Å²) in [7, 11) is 0. The SMILES string of the molecule is O=C(O)CC1(NC(=O)NC2CCC2)CCCCC1. The van der Waals surface area contributed by atoms with Crippen LogP contribution in [0.2, 0.25) is 0 Å². The predicted octanol–water partition coefficient (Wildman–Crippen LogP) is 2.02. The number of carboxylic acids is 1. The molecule has 0 atom stereocenters. The molecule has 102 valence electrons. The lowest BCUT2D eigenvalue weighted by Gasteiger charge is -2.38. The minimum Gasteiger partial charge on any atom is -0.481 e. The molecule has 18 heavy (non-hydrogen) atoms. The molecule has 0 spiro atoms. The number of rotatable bonds is 4. The van der Waals surface area contributed by atoms with E-state index in [-0.39, 0.29) is 18.5 Å². The standard InChI is InChI=1S/C13H22N2O3/c16-11(17)9-13(7-2-1-3-8-13)15-12(18)14-10-5-4-6-10/h10H,1-9H2,(H,16,17)(H2,14,15,18).